The van der Waals surface area contributed by atoms with Crippen LogP contribution in [0.3, 0.4) is 0 Å². The van der Waals surface area contributed by atoms with Crippen LogP contribution in [0.1, 0.15) is 138 Å². The SMILES string of the molecule is CC(=O)c1nn(CC(=O)N2C[C@H](F)C[C@H]2C(=O)Cc2cccc(C)c2Cl)c2ccc(-c3cnc(C)nc3)cc12.CC(=O)c1nn(CC(=O)N2[C@@H]3C[C@@H]3C[C@H]2C(=O)Nc2cncc(Br)n2)c2ccc(-c3cnc(C4CC4)nc3)cc12.CCn1ccc(CC(=O)[C@@H]2C[C@@H](F)CN2C(=O)Cn2nc(C(C)=O)c3cc(-c4cnc(C)nc4)ccc32)n1. The number of hydrogen-bond acceptors (Lipinski definition) is 21. The Morgan fingerprint density at radius 3 is 1.45 bits per heavy atom. The van der Waals surface area contributed by atoms with Crippen molar-refractivity contribution < 1.29 is 51.9 Å². The van der Waals surface area contributed by atoms with Gasteiger partial charge in [-0.15, -0.1) is 0 Å². The summed E-state index contributed by atoms with van der Waals surface area (Å²) in [7, 11) is 0. The molecule has 0 radical (unpaired) electrons. The number of fused-ring (bicyclic) bond motifs is 4. The van der Waals surface area contributed by atoms with Gasteiger partial charge in [0.05, 0.1) is 66.2 Å². The molecule has 33 heteroatoms. The summed E-state index contributed by atoms with van der Waals surface area (Å²) in [5.74, 6) is 0.681. The second-order valence-electron chi connectivity index (χ2n) is 30.1. The molecule has 2 saturated carbocycles. The maximum Gasteiger partial charge on any atom is 0.248 e. The van der Waals surface area contributed by atoms with Crippen LogP contribution in [-0.4, -0.2) is 196 Å². The number of ketones is 5. The molecule has 4 amide bonds. The lowest BCUT2D eigenvalue weighted by atomic mass is 10.00. The van der Waals surface area contributed by atoms with Crippen molar-refractivity contribution in [3.8, 4) is 33.4 Å². The van der Waals surface area contributed by atoms with Gasteiger partial charge in [0, 0.05) is 140 Å². The van der Waals surface area contributed by atoms with Gasteiger partial charge in [-0.05, 0) is 146 Å². The summed E-state index contributed by atoms with van der Waals surface area (Å²) in [6.07, 6.45) is 16.3. The summed E-state index contributed by atoms with van der Waals surface area (Å²) in [4.78, 5) is 156. The summed E-state index contributed by atoms with van der Waals surface area (Å²) >= 11 is 9.62. The second-order valence-corrected chi connectivity index (χ2v) is 31.3. The molecule has 11 heterocycles. The van der Waals surface area contributed by atoms with Gasteiger partial charge in [-0.3, -0.25) is 66.9 Å². The molecule has 5 fully saturated rings. The van der Waals surface area contributed by atoms with E-state index in [9.17, 15) is 51.9 Å². The van der Waals surface area contributed by atoms with E-state index in [0.717, 1.165) is 64.0 Å². The minimum atomic E-state index is -1.31. The van der Waals surface area contributed by atoms with Gasteiger partial charge in [0.15, 0.2) is 34.7 Å². The van der Waals surface area contributed by atoms with E-state index < -0.39 is 42.3 Å². The lowest BCUT2D eigenvalue weighted by Gasteiger charge is -2.26. The highest BCUT2D eigenvalue weighted by atomic mass is 79.9. The minimum absolute atomic E-state index is 0.00632. The molecule has 4 aromatic carbocycles. The number of carbonyl (C=O) groups excluding carboxylic acids is 9. The molecule has 0 unspecified atom stereocenters. The first-order chi connectivity index (χ1) is 56.2. The predicted molar refractivity (Wildman–Crippen MR) is 431 cm³/mol. The summed E-state index contributed by atoms with van der Waals surface area (Å²) < 4.78 is 35.6. The number of halogens is 4. The monoisotopic (exact) mass is 1660 g/mol. The molecular weight excluding hydrogens is 1590 g/mol. The second kappa shape index (κ2) is 33.5. The standard InChI is InChI=1S/C29H27ClFN5O3.C28H25BrN8O3.C27H28FN7O3/c1-16-5-4-6-20(28(16)30)10-26(38)25-11-22(31)14-35(25)27(39)15-36-24-8-7-19(21-12-32-18(3)33-13-21)9-23(24)29(34-36)17(2)37;1-14(38)26-19-6-16(18-9-31-27(32-10-18)15-2-3-15)4-5-20(19)36(35-26)13-25(39)37-21-7-17(21)8-22(37)28(40)34-24-12-30-11-23(29)33-24;1-4-33-8-7-21(31-33)11-25(37)24-10-20(28)14-34(24)26(38)15-35-23-6-5-18(19-12-29-17(3)30-13-19)9-22(23)27(32-35)16(2)36/h4-9,12-13,22,25H,10-11,14-15H2,1-3H3;4-6,9-12,15,17,21-22H,2-3,7-8,13H2,1H3,(H,33,34,40);5-9,12-13,20,24H,4,10-11,14-15H2,1-3H3/t22-,25+;17-,21-,22+;20-,24+/m111/s1. The van der Waals surface area contributed by atoms with Crippen LogP contribution in [0, 0.1) is 26.7 Å². The highest BCUT2D eigenvalue weighted by Gasteiger charge is 2.56. The Bertz CT molecular complexity index is 5950. The molecule has 29 nitrogen and oxygen atoms in total. The Morgan fingerprint density at radius 2 is 1.00 bits per heavy atom. The van der Waals surface area contributed by atoms with E-state index in [2.05, 4.69) is 81.5 Å². The number of amides is 4. The molecule has 5 aliphatic rings. The maximum absolute atomic E-state index is 14.5. The number of nitrogens with one attached hydrogen (secondary N) is 1. The van der Waals surface area contributed by atoms with Crippen molar-refractivity contribution in [2.75, 3.05) is 18.4 Å². The third kappa shape index (κ3) is 17.3. The predicted octanol–water partition coefficient (Wildman–Crippen LogP) is 11.4. The molecule has 3 saturated heterocycles. The van der Waals surface area contributed by atoms with Crippen molar-refractivity contribution in [1.82, 2.24) is 93.7 Å². The summed E-state index contributed by atoms with van der Waals surface area (Å²) in [5.41, 5.74) is 9.57. The Kier molecular flexibility index (Phi) is 22.9. The zero-order chi connectivity index (χ0) is 82.4. The van der Waals surface area contributed by atoms with E-state index in [1.54, 1.807) is 83.4 Å². The molecule has 3 aliphatic heterocycles. The average Bonchev–Trinajstić information content (AvgIpc) is 1.58. The Hall–Kier alpha value is -12.3. The Balaban J connectivity index is 0.000000138. The summed E-state index contributed by atoms with van der Waals surface area (Å²) in [5, 5.41) is 22.8. The van der Waals surface area contributed by atoms with Gasteiger partial charge in [0.2, 0.25) is 23.6 Å². The molecule has 1 N–H and O–H groups in total. The van der Waals surface area contributed by atoms with Gasteiger partial charge < -0.3 is 20.0 Å². The van der Waals surface area contributed by atoms with Crippen molar-refractivity contribution in [2.24, 2.45) is 5.92 Å². The molecule has 0 spiro atoms. The van der Waals surface area contributed by atoms with Crippen LogP contribution in [0.5, 0.6) is 0 Å². The van der Waals surface area contributed by atoms with Crippen LogP contribution in [0.2, 0.25) is 5.02 Å². The summed E-state index contributed by atoms with van der Waals surface area (Å²) in [6, 6.07) is 21.4. The lowest BCUT2D eigenvalue weighted by Crippen LogP contribution is -2.46. The number of hydrogen-bond donors (Lipinski definition) is 1. The van der Waals surface area contributed by atoms with E-state index in [1.807, 2.05) is 80.8 Å². The number of Topliss-reactive ketones (excluding diaryl/α,β-unsaturated/α-hetero) is 5. The van der Waals surface area contributed by atoms with Crippen LogP contribution in [-0.2, 0) is 67.8 Å². The van der Waals surface area contributed by atoms with Gasteiger partial charge in [-0.25, -0.2) is 43.7 Å². The number of aryl methyl sites for hydroxylation is 4. The number of likely N-dealkylation sites (tertiary alicyclic amines) is 3. The fraction of sp³-hybridized carbons (Fsp3) is 0.345. The van der Waals surface area contributed by atoms with E-state index in [1.165, 1.54) is 52.3 Å². The first-order valence-corrected chi connectivity index (χ1v) is 39.6. The largest absolute Gasteiger partial charge is 0.328 e. The first-order valence-electron chi connectivity index (χ1n) is 38.4. The lowest BCUT2D eigenvalue weighted by molar-refractivity contribution is -0.138. The molecule has 17 rings (SSSR count). The van der Waals surface area contributed by atoms with Gasteiger partial charge in [-0.1, -0.05) is 48.0 Å². The number of anilines is 1. The quantitative estimate of drug-likeness (QED) is 0.0616. The van der Waals surface area contributed by atoms with Crippen LogP contribution < -0.4 is 5.32 Å². The highest BCUT2D eigenvalue weighted by Crippen LogP contribution is 2.48. The van der Waals surface area contributed by atoms with E-state index in [-0.39, 0.29) is 117 Å². The number of piperidine rings is 1. The minimum Gasteiger partial charge on any atom is -0.328 e. The van der Waals surface area contributed by atoms with Crippen molar-refractivity contribution in [1.29, 1.82) is 0 Å². The van der Waals surface area contributed by atoms with Crippen molar-refractivity contribution in [3.63, 3.8) is 0 Å². The van der Waals surface area contributed by atoms with E-state index in [0.29, 0.717) is 102 Å². The Labute approximate surface area is 682 Å². The average molecular weight is 1670 g/mol. The van der Waals surface area contributed by atoms with E-state index >= 15 is 0 Å². The van der Waals surface area contributed by atoms with Gasteiger partial charge in [-0.2, -0.15) is 20.4 Å². The van der Waals surface area contributed by atoms with Crippen molar-refractivity contribution in [2.45, 2.75) is 168 Å². The number of alkyl halides is 2. The molecule has 2 aliphatic carbocycles. The molecule has 117 heavy (non-hydrogen) atoms. The third-order valence-corrected chi connectivity index (χ3v) is 22.7. The van der Waals surface area contributed by atoms with Crippen LogP contribution in [0.4, 0.5) is 14.6 Å². The van der Waals surface area contributed by atoms with Crippen LogP contribution in [0.25, 0.3) is 66.1 Å². The van der Waals surface area contributed by atoms with Gasteiger partial charge in [0.1, 0.15) is 77.2 Å². The number of nitrogens with zero attached hydrogens (tertiary/aromatic N) is 19. The fourth-order valence-corrected chi connectivity index (χ4v) is 16.0. The van der Waals surface area contributed by atoms with Crippen LogP contribution in [0.15, 0.2) is 139 Å². The zero-order valence-corrected chi connectivity index (χ0v) is 67.2. The molecule has 8 aromatic heterocycles. The number of aromatic nitrogens is 16. The summed E-state index contributed by atoms with van der Waals surface area (Å²) in [6.45, 7) is 11.5. The third-order valence-electron chi connectivity index (χ3n) is 21.7. The first kappa shape index (κ1) is 79.9. The zero-order valence-electron chi connectivity index (χ0n) is 64.9. The molecule has 7 atom stereocenters. The number of rotatable bonds is 22. The smallest absolute Gasteiger partial charge is 0.248 e. The van der Waals surface area contributed by atoms with Crippen molar-refractivity contribution in [3.05, 3.63) is 196 Å². The topological polar surface area (TPSA) is 350 Å². The normalized spacial score (nSPS) is 18.6. The van der Waals surface area contributed by atoms with Gasteiger partial charge >= 0.3 is 0 Å². The number of benzene rings is 4. The number of carbonyl (C=O) groups is 9. The van der Waals surface area contributed by atoms with E-state index in [4.69, 9.17) is 11.6 Å². The maximum atomic E-state index is 14.5. The molecule has 598 valence electrons. The molecule has 12 aromatic rings. The Morgan fingerprint density at radius 1 is 0.530 bits per heavy atom. The molecule has 0 bridgehead atoms. The highest BCUT2D eigenvalue weighted by molar-refractivity contribution is 9.10. The van der Waals surface area contributed by atoms with Crippen molar-refractivity contribution >= 4 is 119 Å². The fourth-order valence-electron chi connectivity index (χ4n) is 15.5. The van der Waals surface area contributed by atoms with Gasteiger partial charge in [0.25, 0.3) is 0 Å². The van der Waals surface area contributed by atoms with Crippen LogP contribution >= 0.6 is 27.5 Å². The molecular formula is C84H80BrClF2N20O9.